The third kappa shape index (κ3) is 4.58. The quantitative estimate of drug-likeness (QED) is 0.763. The van der Waals surface area contributed by atoms with Gasteiger partial charge in [-0.25, -0.2) is 0 Å². The largest absolute Gasteiger partial charge is 0.495 e. The lowest BCUT2D eigenvalue weighted by Gasteiger charge is -2.20. The van der Waals surface area contributed by atoms with E-state index in [9.17, 15) is 9.59 Å². The molecule has 0 aliphatic carbocycles. The Morgan fingerprint density at radius 1 is 1.22 bits per heavy atom. The van der Waals surface area contributed by atoms with Crippen LogP contribution in [0.4, 0.5) is 5.69 Å². The summed E-state index contributed by atoms with van der Waals surface area (Å²) in [5.41, 5.74) is 1.75. The van der Waals surface area contributed by atoms with Gasteiger partial charge in [0, 0.05) is 13.0 Å². The number of aryl methyl sites for hydroxylation is 1. The number of carbonyl (C=O) groups excluding carboxylic acids is 2. The highest BCUT2D eigenvalue weighted by Crippen LogP contribution is 2.33. The summed E-state index contributed by atoms with van der Waals surface area (Å²) in [5, 5.41) is 2.85. The van der Waals surface area contributed by atoms with Crippen molar-refractivity contribution in [1.82, 2.24) is 5.32 Å². The molecule has 1 N–H and O–H groups in total. The Balaban J connectivity index is 1.54. The van der Waals surface area contributed by atoms with Gasteiger partial charge >= 0.3 is 0 Å². The first kappa shape index (κ1) is 18.8. The topological polar surface area (TPSA) is 67.9 Å². The molecule has 2 aromatic rings. The first-order valence-corrected chi connectivity index (χ1v) is 8.99. The average Bonchev–Trinajstić information content (AvgIpc) is 3.07. The fraction of sp³-hybridized carbons (Fsp3) is 0.333. The zero-order valence-electron chi connectivity index (χ0n) is 15.6. The van der Waals surface area contributed by atoms with Crippen molar-refractivity contribution in [2.75, 3.05) is 31.7 Å². The zero-order chi connectivity index (χ0) is 19.2. The van der Waals surface area contributed by atoms with Crippen molar-refractivity contribution >= 4 is 17.5 Å². The highest BCUT2D eigenvalue weighted by atomic mass is 16.5. The van der Waals surface area contributed by atoms with E-state index in [0.29, 0.717) is 31.1 Å². The number of rotatable bonds is 7. The van der Waals surface area contributed by atoms with Crippen molar-refractivity contribution < 1.29 is 19.1 Å². The smallest absolute Gasteiger partial charge is 0.227 e. The van der Waals surface area contributed by atoms with Crippen LogP contribution < -0.4 is 19.7 Å². The minimum Gasteiger partial charge on any atom is -0.495 e. The fourth-order valence-corrected chi connectivity index (χ4v) is 3.13. The molecule has 3 rings (SSSR count). The summed E-state index contributed by atoms with van der Waals surface area (Å²) in [6.07, 6.45) is 0.197. The molecule has 2 aromatic carbocycles. The van der Waals surface area contributed by atoms with Crippen molar-refractivity contribution in [1.29, 1.82) is 0 Å². The van der Waals surface area contributed by atoms with Crippen LogP contribution in [0, 0.1) is 12.8 Å². The number of para-hydroxylation sites is 1. The van der Waals surface area contributed by atoms with Gasteiger partial charge in [-0.15, -0.1) is 0 Å². The van der Waals surface area contributed by atoms with E-state index in [0.717, 1.165) is 11.3 Å². The molecule has 142 valence electrons. The van der Waals surface area contributed by atoms with E-state index in [1.54, 1.807) is 12.0 Å². The Labute approximate surface area is 159 Å². The maximum Gasteiger partial charge on any atom is 0.227 e. The summed E-state index contributed by atoms with van der Waals surface area (Å²) < 4.78 is 10.9. The monoisotopic (exact) mass is 368 g/mol. The number of anilines is 1. The second-order valence-corrected chi connectivity index (χ2v) is 6.53. The molecule has 2 amide bonds. The maximum atomic E-state index is 12.4. The molecule has 0 radical (unpaired) electrons. The molecule has 27 heavy (non-hydrogen) atoms. The molecular formula is C21H24N2O4. The lowest BCUT2D eigenvalue weighted by molar-refractivity contribution is -0.126. The molecule has 6 nitrogen and oxygen atoms in total. The number of amides is 2. The van der Waals surface area contributed by atoms with Crippen LogP contribution >= 0.6 is 0 Å². The van der Waals surface area contributed by atoms with Crippen LogP contribution in [0.5, 0.6) is 11.5 Å². The standard InChI is InChI=1S/C21H24N2O4/c1-15-8-9-19(26-2)18(12-15)23-14-16(13-20(23)24)21(25)22-10-11-27-17-6-4-3-5-7-17/h3-9,12,16H,10-11,13-14H2,1-2H3,(H,22,25). The Morgan fingerprint density at radius 3 is 2.74 bits per heavy atom. The molecule has 0 saturated carbocycles. The summed E-state index contributed by atoms with van der Waals surface area (Å²) in [7, 11) is 1.58. The Hall–Kier alpha value is -3.02. The predicted octanol–water partition coefficient (Wildman–Crippen LogP) is 2.55. The van der Waals surface area contributed by atoms with Gasteiger partial charge in [-0.1, -0.05) is 24.3 Å². The van der Waals surface area contributed by atoms with Gasteiger partial charge in [-0.3, -0.25) is 9.59 Å². The number of nitrogens with one attached hydrogen (secondary N) is 1. The van der Waals surface area contributed by atoms with Gasteiger partial charge in [0.05, 0.1) is 25.3 Å². The van der Waals surface area contributed by atoms with E-state index >= 15 is 0 Å². The van der Waals surface area contributed by atoms with Crippen LogP contribution in [0.3, 0.4) is 0 Å². The minimum atomic E-state index is -0.376. The molecule has 1 unspecified atom stereocenters. The molecule has 0 bridgehead atoms. The SMILES string of the molecule is COc1ccc(C)cc1N1CC(C(=O)NCCOc2ccccc2)CC1=O. The van der Waals surface area contributed by atoms with E-state index in [1.165, 1.54) is 0 Å². The number of ether oxygens (including phenoxy) is 2. The van der Waals surface area contributed by atoms with Crippen LogP contribution in [-0.2, 0) is 9.59 Å². The first-order valence-electron chi connectivity index (χ1n) is 8.99. The van der Waals surface area contributed by atoms with Crippen LogP contribution in [0.1, 0.15) is 12.0 Å². The molecule has 1 aliphatic heterocycles. The molecule has 1 aliphatic rings. The number of hydrogen-bond donors (Lipinski definition) is 1. The van der Waals surface area contributed by atoms with Crippen molar-refractivity contribution in [3.8, 4) is 11.5 Å². The van der Waals surface area contributed by atoms with E-state index in [-0.39, 0.29) is 24.2 Å². The number of carbonyl (C=O) groups is 2. The lowest BCUT2D eigenvalue weighted by atomic mass is 10.1. The van der Waals surface area contributed by atoms with Crippen LogP contribution in [0.25, 0.3) is 0 Å². The third-order valence-electron chi connectivity index (χ3n) is 4.53. The van der Waals surface area contributed by atoms with E-state index < -0.39 is 0 Å². The third-order valence-corrected chi connectivity index (χ3v) is 4.53. The molecule has 1 fully saturated rings. The van der Waals surface area contributed by atoms with Crippen LogP contribution in [-0.4, -0.2) is 38.6 Å². The van der Waals surface area contributed by atoms with Crippen molar-refractivity contribution in [3.05, 3.63) is 54.1 Å². The number of methoxy groups -OCH3 is 1. The molecule has 1 saturated heterocycles. The molecule has 0 aromatic heterocycles. The molecule has 1 atom stereocenters. The van der Waals surface area contributed by atoms with E-state index in [2.05, 4.69) is 5.32 Å². The molecular weight excluding hydrogens is 344 g/mol. The van der Waals surface area contributed by atoms with Crippen molar-refractivity contribution in [2.45, 2.75) is 13.3 Å². The summed E-state index contributed by atoms with van der Waals surface area (Å²) in [6.45, 7) is 3.09. The van der Waals surface area contributed by atoms with Gasteiger partial charge in [0.2, 0.25) is 11.8 Å². The van der Waals surface area contributed by atoms with Gasteiger partial charge in [0.15, 0.2) is 0 Å². The van der Waals surface area contributed by atoms with Gasteiger partial charge in [0.25, 0.3) is 0 Å². The second-order valence-electron chi connectivity index (χ2n) is 6.53. The highest BCUT2D eigenvalue weighted by Gasteiger charge is 2.36. The van der Waals surface area contributed by atoms with Crippen LogP contribution in [0.15, 0.2) is 48.5 Å². The normalized spacial score (nSPS) is 16.3. The number of benzene rings is 2. The average molecular weight is 368 g/mol. The van der Waals surface area contributed by atoms with Gasteiger partial charge in [-0.2, -0.15) is 0 Å². The Bertz CT molecular complexity index is 807. The Kier molecular flexibility index (Phi) is 5.96. The summed E-state index contributed by atoms with van der Waals surface area (Å²) in [6, 6.07) is 15.1. The number of hydrogen-bond acceptors (Lipinski definition) is 4. The van der Waals surface area contributed by atoms with Gasteiger partial charge in [0.1, 0.15) is 18.1 Å². The summed E-state index contributed by atoms with van der Waals surface area (Å²) >= 11 is 0. The predicted molar refractivity (Wildman–Crippen MR) is 103 cm³/mol. The maximum absolute atomic E-state index is 12.4. The highest BCUT2D eigenvalue weighted by molar-refractivity contribution is 6.01. The molecule has 0 spiro atoms. The van der Waals surface area contributed by atoms with Crippen molar-refractivity contribution in [3.63, 3.8) is 0 Å². The number of nitrogens with zero attached hydrogens (tertiary/aromatic N) is 1. The lowest BCUT2D eigenvalue weighted by Crippen LogP contribution is -2.35. The zero-order valence-corrected chi connectivity index (χ0v) is 15.6. The van der Waals surface area contributed by atoms with Gasteiger partial charge < -0.3 is 19.7 Å². The van der Waals surface area contributed by atoms with Crippen molar-refractivity contribution in [2.24, 2.45) is 5.92 Å². The van der Waals surface area contributed by atoms with Gasteiger partial charge in [-0.05, 0) is 36.8 Å². The molecule has 1 heterocycles. The molecule has 6 heteroatoms. The fourth-order valence-electron chi connectivity index (χ4n) is 3.13. The van der Waals surface area contributed by atoms with Crippen LogP contribution in [0.2, 0.25) is 0 Å². The first-order chi connectivity index (χ1) is 13.1. The summed E-state index contributed by atoms with van der Waals surface area (Å²) in [4.78, 5) is 26.5. The second kappa shape index (κ2) is 8.58. The Morgan fingerprint density at radius 2 is 2.00 bits per heavy atom. The van der Waals surface area contributed by atoms with E-state index in [1.807, 2.05) is 55.5 Å². The minimum absolute atomic E-state index is 0.0698. The summed E-state index contributed by atoms with van der Waals surface area (Å²) in [5.74, 6) is 0.819. The van der Waals surface area contributed by atoms with E-state index in [4.69, 9.17) is 9.47 Å².